The number of aliphatic hydroxyl groups excluding tert-OH is 1. The molecular weight excluding hydrogens is 356 g/mol. The van der Waals surface area contributed by atoms with Gasteiger partial charge in [-0.1, -0.05) is 30.3 Å². The minimum absolute atomic E-state index is 0.0521. The number of carbonyl (C=O) groups is 1. The summed E-state index contributed by atoms with van der Waals surface area (Å²) >= 11 is 0. The van der Waals surface area contributed by atoms with E-state index in [1.54, 1.807) is 0 Å². The normalized spacial score (nSPS) is 12.8. The summed E-state index contributed by atoms with van der Waals surface area (Å²) in [5.74, 6) is -0.389. The zero-order valence-electron chi connectivity index (χ0n) is 13.8. The van der Waals surface area contributed by atoms with Gasteiger partial charge in [-0.25, -0.2) is 13.6 Å². The summed E-state index contributed by atoms with van der Waals surface area (Å²) < 4.78 is 28.2. The third-order valence-corrected chi connectivity index (χ3v) is 4.84. The number of rotatable bonds is 6. The monoisotopic (exact) mass is 374 g/mol. The fourth-order valence-corrected chi connectivity index (χ4v) is 3.11. The minimum Gasteiger partial charge on any atom is -0.451 e. The van der Waals surface area contributed by atoms with Crippen LogP contribution in [0.15, 0.2) is 63.9 Å². The van der Waals surface area contributed by atoms with Crippen molar-refractivity contribution in [1.29, 1.82) is 0 Å². The van der Waals surface area contributed by atoms with Gasteiger partial charge in [0.25, 0.3) is 5.91 Å². The molecule has 0 bridgehead atoms. The zero-order chi connectivity index (χ0) is 18.7. The number of amides is 1. The van der Waals surface area contributed by atoms with Crippen LogP contribution in [0.3, 0.4) is 0 Å². The molecule has 1 amide bonds. The smallest absolute Gasteiger partial charge is 0.287 e. The van der Waals surface area contributed by atoms with Crippen molar-refractivity contribution in [3.8, 4) is 0 Å². The number of sulfonamides is 1. The molecule has 2 aromatic carbocycles. The van der Waals surface area contributed by atoms with Crippen LogP contribution in [0.1, 0.15) is 28.6 Å². The Morgan fingerprint density at radius 2 is 1.88 bits per heavy atom. The van der Waals surface area contributed by atoms with Gasteiger partial charge in [-0.3, -0.25) is 4.79 Å². The average molecular weight is 374 g/mol. The Labute approximate surface area is 150 Å². The summed E-state index contributed by atoms with van der Waals surface area (Å²) in [6, 6.07) is 14.7. The topological polar surface area (TPSA) is 123 Å². The molecule has 0 aliphatic carbocycles. The second kappa shape index (κ2) is 7.28. The Morgan fingerprint density at radius 1 is 1.15 bits per heavy atom. The largest absolute Gasteiger partial charge is 0.451 e. The van der Waals surface area contributed by atoms with E-state index in [2.05, 4.69) is 5.32 Å². The van der Waals surface area contributed by atoms with Gasteiger partial charge in [0.1, 0.15) is 5.58 Å². The summed E-state index contributed by atoms with van der Waals surface area (Å²) in [7, 11) is -3.83. The lowest BCUT2D eigenvalue weighted by molar-refractivity contribution is 0.0917. The molecule has 7 nitrogen and oxygen atoms in total. The summed E-state index contributed by atoms with van der Waals surface area (Å²) in [4.78, 5) is 12.1. The van der Waals surface area contributed by atoms with Gasteiger partial charge in [-0.15, -0.1) is 0 Å². The van der Waals surface area contributed by atoms with Crippen LogP contribution in [0.2, 0.25) is 0 Å². The van der Waals surface area contributed by atoms with Gasteiger partial charge in [0.15, 0.2) is 5.76 Å². The minimum atomic E-state index is -3.83. The first kappa shape index (κ1) is 18.1. The summed E-state index contributed by atoms with van der Waals surface area (Å²) in [6.07, 6.45) is -0.324. The van der Waals surface area contributed by atoms with E-state index in [0.717, 1.165) is 5.56 Å². The lowest BCUT2D eigenvalue weighted by Gasteiger charge is -2.10. The van der Waals surface area contributed by atoms with Crippen molar-refractivity contribution in [2.75, 3.05) is 6.54 Å². The fraction of sp³-hybridized carbons (Fsp3) is 0.167. The molecule has 3 rings (SSSR count). The molecule has 0 saturated carbocycles. The van der Waals surface area contributed by atoms with Crippen molar-refractivity contribution in [2.24, 2.45) is 5.14 Å². The van der Waals surface area contributed by atoms with E-state index in [4.69, 9.17) is 9.56 Å². The number of carbonyl (C=O) groups excluding carboxylic acids is 1. The molecule has 1 atom stereocenters. The van der Waals surface area contributed by atoms with Gasteiger partial charge in [-0.05, 0) is 36.2 Å². The van der Waals surface area contributed by atoms with Gasteiger partial charge >= 0.3 is 0 Å². The van der Waals surface area contributed by atoms with E-state index in [9.17, 15) is 18.3 Å². The lowest BCUT2D eigenvalue weighted by atomic mass is 10.1. The maximum absolute atomic E-state index is 12.2. The van der Waals surface area contributed by atoms with Crippen LogP contribution in [0, 0.1) is 0 Å². The van der Waals surface area contributed by atoms with Crippen LogP contribution < -0.4 is 10.5 Å². The molecule has 1 heterocycles. The summed E-state index contributed by atoms with van der Waals surface area (Å²) in [5, 5.41) is 18.3. The first-order valence-electron chi connectivity index (χ1n) is 7.92. The highest BCUT2D eigenvalue weighted by Crippen LogP contribution is 2.22. The Bertz CT molecular complexity index is 1030. The maximum atomic E-state index is 12.2. The van der Waals surface area contributed by atoms with E-state index < -0.39 is 22.0 Å². The van der Waals surface area contributed by atoms with Gasteiger partial charge in [0.05, 0.1) is 11.0 Å². The summed E-state index contributed by atoms with van der Waals surface area (Å²) in [6.45, 7) is 0.258. The molecule has 0 spiro atoms. The van der Waals surface area contributed by atoms with E-state index in [0.29, 0.717) is 17.4 Å². The third kappa shape index (κ3) is 4.10. The Morgan fingerprint density at radius 3 is 2.58 bits per heavy atom. The lowest BCUT2D eigenvalue weighted by Crippen LogP contribution is -2.25. The SMILES string of the molecule is NS(=O)(=O)c1ccc2oc(C(=O)NCCC(O)c3ccccc3)cc2c1. The third-order valence-electron chi connectivity index (χ3n) is 3.93. The second-order valence-corrected chi connectivity index (χ2v) is 7.39. The van der Waals surface area contributed by atoms with Crippen LogP contribution in [0.25, 0.3) is 11.0 Å². The molecule has 4 N–H and O–H groups in total. The number of furan rings is 1. The van der Waals surface area contributed by atoms with Crippen molar-refractivity contribution >= 4 is 26.9 Å². The highest BCUT2D eigenvalue weighted by Gasteiger charge is 2.15. The molecule has 1 unspecified atom stereocenters. The fourth-order valence-electron chi connectivity index (χ4n) is 2.56. The predicted octanol–water partition coefficient (Wildman–Crippen LogP) is 1.93. The Hall–Kier alpha value is -2.68. The molecule has 8 heteroatoms. The quantitative estimate of drug-likeness (QED) is 0.608. The molecule has 1 aromatic heterocycles. The zero-order valence-corrected chi connectivity index (χ0v) is 14.6. The number of aliphatic hydroxyl groups is 1. The number of hydrogen-bond acceptors (Lipinski definition) is 5. The van der Waals surface area contributed by atoms with E-state index in [-0.39, 0.29) is 17.2 Å². The van der Waals surface area contributed by atoms with Crippen molar-refractivity contribution < 1.29 is 22.7 Å². The standard InChI is InChI=1S/C18H18N2O5S/c19-26(23,24)14-6-7-16-13(10-14)11-17(25-16)18(22)20-9-8-15(21)12-4-2-1-3-5-12/h1-7,10-11,15,21H,8-9H2,(H,20,22)(H2,19,23,24). The van der Waals surface area contributed by atoms with Crippen LogP contribution in [0.5, 0.6) is 0 Å². The number of fused-ring (bicyclic) bond motifs is 1. The molecule has 0 radical (unpaired) electrons. The number of nitrogens with two attached hydrogens (primary N) is 1. The predicted molar refractivity (Wildman–Crippen MR) is 95.9 cm³/mol. The Balaban J connectivity index is 1.64. The van der Waals surface area contributed by atoms with Gasteiger partial charge in [-0.2, -0.15) is 0 Å². The highest BCUT2D eigenvalue weighted by molar-refractivity contribution is 7.89. The van der Waals surface area contributed by atoms with Gasteiger partial charge < -0.3 is 14.8 Å². The number of nitrogens with one attached hydrogen (secondary N) is 1. The van der Waals surface area contributed by atoms with Crippen molar-refractivity contribution in [3.63, 3.8) is 0 Å². The molecule has 0 aliphatic heterocycles. The molecule has 0 aliphatic rings. The first-order chi connectivity index (χ1) is 12.3. The van der Waals surface area contributed by atoms with E-state index in [1.165, 1.54) is 24.3 Å². The van der Waals surface area contributed by atoms with Crippen LogP contribution in [-0.4, -0.2) is 26.0 Å². The first-order valence-corrected chi connectivity index (χ1v) is 9.47. The number of benzene rings is 2. The molecule has 0 saturated heterocycles. The second-order valence-electron chi connectivity index (χ2n) is 5.83. The van der Waals surface area contributed by atoms with Crippen LogP contribution >= 0.6 is 0 Å². The van der Waals surface area contributed by atoms with Crippen LogP contribution in [0.4, 0.5) is 0 Å². The van der Waals surface area contributed by atoms with Gasteiger partial charge in [0, 0.05) is 11.9 Å². The van der Waals surface area contributed by atoms with Crippen molar-refractivity contribution in [3.05, 3.63) is 65.9 Å². The number of hydrogen-bond donors (Lipinski definition) is 3. The van der Waals surface area contributed by atoms with Crippen molar-refractivity contribution in [2.45, 2.75) is 17.4 Å². The van der Waals surface area contributed by atoms with Gasteiger partial charge in [0.2, 0.25) is 10.0 Å². The highest BCUT2D eigenvalue weighted by atomic mass is 32.2. The molecule has 26 heavy (non-hydrogen) atoms. The molecular formula is C18H18N2O5S. The molecule has 136 valence electrons. The number of primary sulfonamides is 1. The molecule has 0 fully saturated rings. The van der Waals surface area contributed by atoms with E-state index in [1.807, 2.05) is 30.3 Å². The van der Waals surface area contributed by atoms with Crippen LogP contribution in [-0.2, 0) is 10.0 Å². The van der Waals surface area contributed by atoms with Crippen molar-refractivity contribution in [1.82, 2.24) is 5.32 Å². The maximum Gasteiger partial charge on any atom is 0.287 e. The summed E-state index contributed by atoms with van der Waals surface area (Å²) in [5.41, 5.74) is 1.16. The molecule has 3 aromatic rings. The Kier molecular flexibility index (Phi) is 5.08. The van der Waals surface area contributed by atoms with E-state index >= 15 is 0 Å². The average Bonchev–Trinajstić information content (AvgIpc) is 3.05.